The summed E-state index contributed by atoms with van der Waals surface area (Å²) in [5.41, 5.74) is 0. The highest BCUT2D eigenvalue weighted by molar-refractivity contribution is 7.93. The Morgan fingerprint density at radius 1 is 0.444 bits per heavy atom. The van der Waals surface area contributed by atoms with E-state index >= 15 is 0 Å². The summed E-state index contributed by atoms with van der Waals surface area (Å²) in [5, 5.41) is 5.03. The van der Waals surface area contributed by atoms with Gasteiger partial charge in [0.15, 0.2) is 11.6 Å². The number of carbonyl (C=O) groups is 2. The summed E-state index contributed by atoms with van der Waals surface area (Å²) in [6.45, 7) is 3.43. The number of rotatable bonds is 11. The molecule has 0 saturated heterocycles. The quantitative estimate of drug-likeness (QED) is 0.249. The van der Waals surface area contributed by atoms with E-state index in [0.29, 0.717) is 12.3 Å². The molecule has 0 amide bonds. The third-order valence-corrected chi connectivity index (χ3v) is 16.3. The number of carbonyl (C=O) groups excluding carboxylic acids is 2. The van der Waals surface area contributed by atoms with Crippen molar-refractivity contribution in [2.45, 2.75) is 13.8 Å². The van der Waals surface area contributed by atoms with E-state index in [2.05, 4.69) is 97.1 Å². The second kappa shape index (κ2) is 11.9. The SMILES string of the molecule is CC(=O)C[P+](CC[P+](CC(C)=O)(c1ccccc1)c1ccccc1)(c1ccccc1)c1ccccc1. The Labute approximate surface area is 216 Å². The first-order valence-corrected chi connectivity index (χ1v) is 16.7. The molecule has 0 aliphatic rings. The second-order valence-electron chi connectivity index (χ2n) is 9.45. The van der Waals surface area contributed by atoms with Gasteiger partial charge < -0.3 is 0 Å². The highest BCUT2D eigenvalue weighted by atomic mass is 31.2. The molecule has 0 aliphatic heterocycles. The molecule has 0 atom stereocenters. The zero-order valence-electron chi connectivity index (χ0n) is 21.1. The van der Waals surface area contributed by atoms with Gasteiger partial charge in [-0.05, 0) is 62.4 Å². The van der Waals surface area contributed by atoms with Crippen LogP contribution in [0, 0.1) is 0 Å². The van der Waals surface area contributed by atoms with Crippen LogP contribution in [0.1, 0.15) is 13.8 Å². The summed E-state index contributed by atoms with van der Waals surface area (Å²) in [7, 11) is -4.14. The Kier molecular flexibility index (Phi) is 8.63. The molecule has 0 bridgehead atoms. The van der Waals surface area contributed by atoms with Gasteiger partial charge in [-0.3, -0.25) is 9.59 Å². The molecule has 4 rings (SSSR count). The van der Waals surface area contributed by atoms with E-state index < -0.39 is 14.5 Å². The number of hydrogen-bond donors (Lipinski definition) is 0. The topological polar surface area (TPSA) is 34.1 Å². The minimum atomic E-state index is -2.07. The summed E-state index contributed by atoms with van der Waals surface area (Å²) in [5.74, 6) is 0.428. The van der Waals surface area contributed by atoms with Crippen molar-refractivity contribution in [2.75, 3.05) is 24.6 Å². The van der Waals surface area contributed by atoms with Crippen LogP contribution >= 0.6 is 14.5 Å². The molecule has 2 nitrogen and oxygen atoms in total. The Balaban J connectivity index is 1.91. The standard InChI is InChI=1S/C32H34O2P2/c1-27(33)25-35(29-15-7-3-8-16-29,30-17-9-4-10-18-30)23-24-36(26-28(2)34,31-19-11-5-12-20-31)32-21-13-6-14-22-32/h3-22H,23-26H2,1-2H3/q+2. The molecule has 4 aromatic carbocycles. The van der Waals surface area contributed by atoms with E-state index in [4.69, 9.17) is 0 Å². The molecule has 0 spiro atoms. The van der Waals surface area contributed by atoms with E-state index in [1.54, 1.807) is 13.8 Å². The van der Waals surface area contributed by atoms with Crippen molar-refractivity contribution < 1.29 is 9.59 Å². The third kappa shape index (κ3) is 5.73. The van der Waals surface area contributed by atoms with Crippen molar-refractivity contribution in [1.82, 2.24) is 0 Å². The minimum absolute atomic E-state index is 0.214. The maximum atomic E-state index is 12.8. The second-order valence-corrected chi connectivity index (χ2v) is 16.9. The van der Waals surface area contributed by atoms with Crippen molar-refractivity contribution in [1.29, 1.82) is 0 Å². The number of ketones is 2. The average Bonchev–Trinajstić information content (AvgIpc) is 2.92. The number of Topliss-reactive ketones (excluding diaryl/α,β-unsaturated/α-hetero) is 2. The van der Waals surface area contributed by atoms with Gasteiger partial charge in [0.05, 0.1) is 35.7 Å². The minimum Gasteiger partial charge on any atom is -0.296 e. The molecule has 4 aromatic rings. The first-order valence-electron chi connectivity index (χ1n) is 12.4. The summed E-state index contributed by atoms with van der Waals surface area (Å²) in [4.78, 5) is 25.7. The van der Waals surface area contributed by atoms with Gasteiger partial charge in [0.1, 0.15) is 24.6 Å². The highest BCUT2D eigenvalue weighted by Crippen LogP contribution is 2.63. The van der Waals surface area contributed by atoms with Crippen LogP contribution in [-0.4, -0.2) is 36.2 Å². The molecule has 0 fully saturated rings. The monoisotopic (exact) mass is 512 g/mol. The van der Waals surface area contributed by atoms with Crippen molar-refractivity contribution in [3.63, 3.8) is 0 Å². The van der Waals surface area contributed by atoms with Gasteiger partial charge in [-0.1, -0.05) is 72.8 Å². The molecule has 36 heavy (non-hydrogen) atoms. The summed E-state index contributed by atoms with van der Waals surface area (Å²) in [6, 6.07) is 42.4. The van der Waals surface area contributed by atoms with Gasteiger partial charge in [0.25, 0.3) is 0 Å². The normalized spacial score (nSPS) is 11.7. The van der Waals surface area contributed by atoms with E-state index in [1.807, 2.05) is 24.3 Å². The molecule has 0 unspecified atom stereocenters. The molecule has 182 valence electrons. The van der Waals surface area contributed by atoms with Gasteiger partial charge in [-0.15, -0.1) is 0 Å². The van der Waals surface area contributed by atoms with E-state index in [-0.39, 0.29) is 11.6 Å². The zero-order valence-corrected chi connectivity index (χ0v) is 22.9. The fourth-order valence-corrected chi connectivity index (χ4v) is 15.2. The maximum Gasteiger partial charge on any atom is 0.167 e. The molecule has 0 heterocycles. The fraction of sp³-hybridized carbons (Fsp3) is 0.188. The van der Waals surface area contributed by atoms with E-state index in [9.17, 15) is 9.59 Å². The summed E-state index contributed by atoms with van der Waals surface area (Å²) in [6.07, 6.45) is 2.83. The lowest BCUT2D eigenvalue weighted by molar-refractivity contribution is -0.115. The predicted molar refractivity (Wildman–Crippen MR) is 159 cm³/mol. The van der Waals surface area contributed by atoms with Gasteiger partial charge in [-0.2, -0.15) is 0 Å². The molecule has 0 aromatic heterocycles. The van der Waals surface area contributed by atoms with Crippen LogP contribution in [0.3, 0.4) is 0 Å². The number of hydrogen-bond acceptors (Lipinski definition) is 2. The lowest BCUT2D eigenvalue weighted by atomic mass is 10.4. The van der Waals surface area contributed by atoms with Gasteiger partial charge in [0, 0.05) is 0 Å². The average molecular weight is 513 g/mol. The Hall–Kier alpha value is -2.92. The lowest BCUT2D eigenvalue weighted by Crippen LogP contribution is -2.35. The fourth-order valence-electron chi connectivity index (χ4n) is 5.29. The van der Waals surface area contributed by atoms with E-state index in [1.165, 1.54) is 21.2 Å². The zero-order chi connectivity index (χ0) is 25.4. The Bertz CT molecular complexity index is 1090. The molecule has 0 aliphatic carbocycles. The van der Waals surface area contributed by atoms with Crippen molar-refractivity contribution in [3.8, 4) is 0 Å². The summed E-state index contributed by atoms with van der Waals surface area (Å²) >= 11 is 0. The van der Waals surface area contributed by atoms with Crippen LogP contribution < -0.4 is 21.2 Å². The molecule has 0 N–H and O–H groups in total. The van der Waals surface area contributed by atoms with Crippen LogP contribution in [0.25, 0.3) is 0 Å². The largest absolute Gasteiger partial charge is 0.296 e. The number of benzene rings is 4. The van der Waals surface area contributed by atoms with Crippen LogP contribution in [0.15, 0.2) is 121 Å². The van der Waals surface area contributed by atoms with E-state index in [0.717, 1.165) is 12.3 Å². The maximum absolute atomic E-state index is 12.8. The first-order chi connectivity index (χ1) is 17.5. The lowest BCUT2D eigenvalue weighted by Gasteiger charge is -2.31. The molecule has 4 heteroatoms. The highest BCUT2D eigenvalue weighted by Gasteiger charge is 2.51. The molecule has 0 saturated carbocycles. The van der Waals surface area contributed by atoms with Crippen LogP contribution in [0.5, 0.6) is 0 Å². The van der Waals surface area contributed by atoms with Crippen molar-refractivity contribution in [2.24, 2.45) is 0 Å². The van der Waals surface area contributed by atoms with Gasteiger partial charge in [-0.25, -0.2) is 0 Å². The van der Waals surface area contributed by atoms with Crippen LogP contribution in [0.2, 0.25) is 0 Å². The molecular formula is C32H34O2P2+2. The third-order valence-electron chi connectivity index (χ3n) is 6.85. The van der Waals surface area contributed by atoms with Crippen molar-refractivity contribution in [3.05, 3.63) is 121 Å². The Morgan fingerprint density at radius 2 is 0.667 bits per heavy atom. The molecule has 0 radical (unpaired) electrons. The Morgan fingerprint density at radius 3 is 0.861 bits per heavy atom. The van der Waals surface area contributed by atoms with Gasteiger partial charge in [0.2, 0.25) is 0 Å². The smallest absolute Gasteiger partial charge is 0.167 e. The van der Waals surface area contributed by atoms with Crippen LogP contribution in [-0.2, 0) is 9.59 Å². The summed E-state index contributed by atoms with van der Waals surface area (Å²) < 4.78 is 0. The first kappa shape index (κ1) is 26.2. The van der Waals surface area contributed by atoms with Crippen molar-refractivity contribution >= 4 is 47.3 Å². The van der Waals surface area contributed by atoms with Crippen LogP contribution in [0.4, 0.5) is 0 Å². The van der Waals surface area contributed by atoms with Gasteiger partial charge >= 0.3 is 0 Å². The predicted octanol–water partition coefficient (Wildman–Crippen LogP) is 5.50. The molecular weight excluding hydrogens is 478 g/mol.